The predicted octanol–water partition coefficient (Wildman–Crippen LogP) is 7.08. The fourth-order valence-corrected chi connectivity index (χ4v) is 5.03. The molecule has 5 aromatic rings. The summed E-state index contributed by atoms with van der Waals surface area (Å²) < 4.78 is 4.52. The molecule has 0 bridgehead atoms. The normalized spacial score (nSPS) is 16.3. The third kappa shape index (κ3) is 3.07. The van der Waals surface area contributed by atoms with Crippen molar-refractivity contribution in [3.63, 3.8) is 0 Å². The molecule has 0 saturated heterocycles. The van der Waals surface area contributed by atoms with Crippen LogP contribution in [0.5, 0.6) is 0 Å². The first kappa shape index (κ1) is 20.2. The number of dihydropyridines is 1. The molecular formula is C30H24N4. The maximum atomic E-state index is 5.02. The highest BCUT2D eigenvalue weighted by atomic mass is 15.1. The predicted molar refractivity (Wildman–Crippen MR) is 144 cm³/mol. The van der Waals surface area contributed by atoms with Gasteiger partial charge in [-0.3, -0.25) is 9.98 Å². The van der Waals surface area contributed by atoms with Gasteiger partial charge in [-0.2, -0.15) is 0 Å². The van der Waals surface area contributed by atoms with E-state index in [-0.39, 0.29) is 6.04 Å². The highest BCUT2D eigenvalue weighted by molar-refractivity contribution is 6.22. The highest BCUT2D eigenvalue weighted by Gasteiger charge is 2.19. The second kappa shape index (κ2) is 8.16. The van der Waals surface area contributed by atoms with Crippen LogP contribution in [-0.2, 0) is 0 Å². The van der Waals surface area contributed by atoms with E-state index in [2.05, 4.69) is 119 Å². The molecule has 1 unspecified atom stereocenters. The van der Waals surface area contributed by atoms with E-state index in [0.717, 1.165) is 29.0 Å². The molecule has 0 N–H and O–H groups in total. The lowest BCUT2D eigenvalue weighted by molar-refractivity contribution is 0.786. The van der Waals surface area contributed by atoms with Crippen molar-refractivity contribution < 1.29 is 0 Å². The Kier molecular flexibility index (Phi) is 4.84. The van der Waals surface area contributed by atoms with Gasteiger partial charge < -0.3 is 9.13 Å². The minimum absolute atomic E-state index is 0.0100. The smallest absolute Gasteiger partial charge is 0.132 e. The minimum Gasteiger partial charge on any atom is -0.309 e. The van der Waals surface area contributed by atoms with E-state index in [1.807, 2.05) is 6.08 Å². The third-order valence-corrected chi connectivity index (χ3v) is 6.54. The highest BCUT2D eigenvalue weighted by Crippen LogP contribution is 2.37. The van der Waals surface area contributed by atoms with Crippen molar-refractivity contribution in [2.45, 2.75) is 12.5 Å². The summed E-state index contributed by atoms with van der Waals surface area (Å²) in [6.45, 7) is 7.51. The van der Waals surface area contributed by atoms with E-state index in [1.165, 1.54) is 27.2 Å². The Morgan fingerprint density at radius 2 is 1.68 bits per heavy atom. The molecule has 0 saturated carbocycles. The van der Waals surface area contributed by atoms with Gasteiger partial charge in [0.15, 0.2) is 0 Å². The number of benzene rings is 3. The van der Waals surface area contributed by atoms with Crippen molar-refractivity contribution in [3.8, 4) is 5.69 Å². The lowest BCUT2D eigenvalue weighted by Crippen LogP contribution is -2.18. The number of para-hydroxylation sites is 2. The van der Waals surface area contributed by atoms with Crippen molar-refractivity contribution in [1.29, 1.82) is 0 Å². The summed E-state index contributed by atoms with van der Waals surface area (Å²) >= 11 is 0. The molecule has 3 aromatic carbocycles. The van der Waals surface area contributed by atoms with Gasteiger partial charge >= 0.3 is 0 Å². The standard InChI is InChI=1S/C30H24N4/c1-3-21(20-31-2)25-13-9-15-29(32-25)33-19-18-24-26(33)16-17-28-30(24)23-12-7-8-14-27(23)34(28)22-10-5-4-6-11-22/h3-12,14-20,25H,1-2,13H2/b21-20+. The summed E-state index contributed by atoms with van der Waals surface area (Å²) in [6.07, 6.45) is 10.8. The molecule has 1 aliphatic rings. The second-order valence-electron chi connectivity index (χ2n) is 8.42. The maximum absolute atomic E-state index is 5.02. The van der Waals surface area contributed by atoms with E-state index in [0.29, 0.717) is 0 Å². The molecule has 0 spiro atoms. The van der Waals surface area contributed by atoms with Gasteiger partial charge in [0.05, 0.1) is 22.6 Å². The molecule has 4 nitrogen and oxygen atoms in total. The number of aromatic nitrogens is 2. The zero-order chi connectivity index (χ0) is 23.1. The molecule has 6 rings (SSSR count). The van der Waals surface area contributed by atoms with Gasteiger partial charge in [0.2, 0.25) is 0 Å². The lowest BCUT2D eigenvalue weighted by atomic mass is 10.0. The molecule has 4 heteroatoms. The second-order valence-corrected chi connectivity index (χ2v) is 8.42. The zero-order valence-corrected chi connectivity index (χ0v) is 18.8. The maximum Gasteiger partial charge on any atom is 0.132 e. The van der Waals surface area contributed by atoms with Gasteiger partial charge in [0.25, 0.3) is 0 Å². The quantitative estimate of drug-likeness (QED) is 0.211. The number of allylic oxidation sites excluding steroid dienone is 1. The van der Waals surface area contributed by atoms with Crippen molar-refractivity contribution in [1.82, 2.24) is 9.13 Å². The fourth-order valence-electron chi connectivity index (χ4n) is 5.03. The van der Waals surface area contributed by atoms with Crippen LogP contribution in [0.15, 0.2) is 126 Å². The largest absolute Gasteiger partial charge is 0.309 e. The molecule has 1 aliphatic heterocycles. The average molecular weight is 441 g/mol. The van der Waals surface area contributed by atoms with Gasteiger partial charge in [-0.1, -0.05) is 55.1 Å². The van der Waals surface area contributed by atoms with E-state index < -0.39 is 0 Å². The molecule has 164 valence electrons. The van der Waals surface area contributed by atoms with Crippen molar-refractivity contribution in [3.05, 3.63) is 116 Å². The number of rotatable bonds is 4. The third-order valence-electron chi connectivity index (χ3n) is 6.54. The molecule has 1 atom stereocenters. The van der Waals surface area contributed by atoms with Crippen LogP contribution in [0.25, 0.3) is 38.4 Å². The van der Waals surface area contributed by atoms with Crippen molar-refractivity contribution in [2.75, 3.05) is 0 Å². The molecule has 34 heavy (non-hydrogen) atoms. The molecule has 0 radical (unpaired) electrons. The van der Waals surface area contributed by atoms with Crippen LogP contribution in [0.1, 0.15) is 6.42 Å². The Morgan fingerprint density at radius 3 is 2.50 bits per heavy atom. The topological polar surface area (TPSA) is 34.6 Å². The molecule has 0 fully saturated rings. The fraction of sp³-hybridized carbons (Fsp3) is 0.0667. The van der Waals surface area contributed by atoms with E-state index in [4.69, 9.17) is 4.99 Å². The number of nitrogens with zero attached hydrogens (tertiary/aromatic N) is 4. The summed E-state index contributed by atoms with van der Waals surface area (Å²) in [5.74, 6) is 0.911. The summed E-state index contributed by atoms with van der Waals surface area (Å²) in [5.41, 5.74) is 5.68. The van der Waals surface area contributed by atoms with Gasteiger partial charge in [-0.25, -0.2) is 0 Å². The van der Waals surface area contributed by atoms with Crippen LogP contribution in [0.4, 0.5) is 0 Å². The average Bonchev–Trinajstić information content (AvgIpc) is 3.47. The van der Waals surface area contributed by atoms with Crippen LogP contribution in [0, 0.1) is 0 Å². The van der Waals surface area contributed by atoms with Gasteiger partial charge in [0, 0.05) is 34.2 Å². The summed E-state index contributed by atoms with van der Waals surface area (Å²) in [6, 6.07) is 25.8. The van der Waals surface area contributed by atoms with Gasteiger partial charge in [-0.15, -0.1) is 0 Å². The first-order chi connectivity index (χ1) is 16.8. The van der Waals surface area contributed by atoms with E-state index >= 15 is 0 Å². The number of aliphatic imine (C=N–C) groups is 2. The zero-order valence-electron chi connectivity index (χ0n) is 18.8. The SMILES string of the molecule is C=C/C(=C\N=C)C1CC=CC(n2ccc3c4c5ccccc5n(-c5ccccc5)c4ccc32)=N1. The molecule has 2 aromatic heterocycles. The van der Waals surface area contributed by atoms with Crippen LogP contribution < -0.4 is 0 Å². The van der Waals surface area contributed by atoms with Crippen molar-refractivity contribution in [2.24, 2.45) is 9.98 Å². The Bertz CT molecular complexity index is 1660. The number of hydrogen-bond donors (Lipinski definition) is 0. The molecular weight excluding hydrogens is 416 g/mol. The van der Waals surface area contributed by atoms with Crippen molar-refractivity contribution >= 4 is 45.3 Å². The Balaban J connectivity index is 1.59. The molecule has 3 heterocycles. The van der Waals surface area contributed by atoms with Crippen LogP contribution in [-0.4, -0.2) is 27.7 Å². The van der Waals surface area contributed by atoms with E-state index in [9.17, 15) is 0 Å². The number of fused-ring (bicyclic) bond motifs is 5. The Hall–Kier alpha value is -4.44. The summed E-state index contributed by atoms with van der Waals surface area (Å²) in [4.78, 5) is 8.94. The first-order valence-electron chi connectivity index (χ1n) is 11.4. The minimum atomic E-state index is -0.0100. The molecule has 0 amide bonds. The lowest BCUT2D eigenvalue weighted by Gasteiger charge is -2.18. The van der Waals surface area contributed by atoms with Crippen LogP contribution >= 0.6 is 0 Å². The monoisotopic (exact) mass is 440 g/mol. The first-order valence-corrected chi connectivity index (χ1v) is 11.4. The van der Waals surface area contributed by atoms with Crippen LogP contribution in [0.2, 0.25) is 0 Å². The van der Waals surface area contributed by atoms with Gasteiger partial charge in [-0.05, 0) is 61.2 Å². The van der Waals surface area contributed by atoms with E-state index in [1.54, 1.807) is 6.20 Å². The number of hydrogen-bond acceptors (Lipinski definition) is 2. The Morgan fingerprint density at radius 1 is 0.912 bits per heavy atom. The summed E-state index contributed by atoms with van der Waals surface area (Å²) in [7, 11) is 0. The van der Waals surface area contributed by atoms with Crippen LogP contribution in [0.3, 0.4) is 0 Å². The molecule has 0 aliphatic carbocycles. The Labute approximate surface area is 198 Å². The summed E-state index contributed by atoms with van der Waals surface area (Å²) in [5, 5.41) is 3.72. The van der Waals surface area contributed by atoms with Gasteiger partial charge in [0.1, 0.15) is 5.84 Å².